The first-order valence-electron chi connectivity index (χ1n) is 8.26. The highest BCUT2D eigenvalue weighted by molar-refractivity contribution is 6.39. The van der Waals surface area contributed by atoms with Crippen molar-refractivity contribution in [1.29, 1.82) is 0 Å². The van der Waals surface area contributed by atoms with Crippen molar-refractivity contribution in [3.8, 4) is 11.6 Å². The summed E-state index contributed by atoms with van der Waals surface area (Å²) in [5.41, 5.74) is 0.141. The number of aromatic carboxylic acids is 1. The van der Waals surface area contributed by atoms with Crippen LogP contribution in [0.5, 0.6) is 5.88 Å². The zero-order chi connectivity index (χ0) is 20.9. The van der Waals surface area contributed by atoms with E-state index in [-0.39, 0.29) is 34.4 Å². The first kappa shape index (κ1) is 19.1. The predicted molar refractivity (Wildman–Crippen MR) is 106 cm³/mol. The standard InChI is InChI=1S/C19H12Cl2FN3O4/c20-9-5-13(21)16-12(17(18(27)28)23-14(16)6-9)7-24-8-15(26)25(19(24)29)11-3-1-10(22)2-4-11/h1-6,8,23,26H,7H2,(H,27,28). The molecule has 0 saturated carbocycles. The number of nitrogens with one attached hydrogen (secondary N) is 1. The van der Waals surface area contributed by atoms with Crippen LogP contribution in [0.4, 0.5) is 4.39 Å². The average Bonchev–Trinajstić information content (AvgIpc) is 3.14. The van der Waals surface area contributed by atoms with Gasteiger partial charge >= 0.3 is 11.7 Å². The van der Waals surface area contributed by atoms with Gasteiger partial charge in [-0.2, -0.15) is 0 Å². The molecule has 0 aliphatic heterocycles. The number of carboxylic acid groups (broad SMARTS) is 1. The van der Waals surface area contributed by atoms with Gasteiger partial charge in [-0.15, -0.1) is 0 Å². The van der Waals surface area contributed by atoms with E-state index in [1.807, 2.05) is 0 Å². The molecule has 0 amide bonds. The van der Waals surface area contributed by atoms with Crippen LogP contribution in [0.15, 0.2) is 47.4 Å². The molecule has 0 spiro atoms. The van der Waals surface area contributed by atoms with Crippen LogP contribution in [0.3, 0.4) is 0 Å². The number of fused-ring (bicyclic) bond motifs is 1. The summed E-state index contributed by atoms with van der Waals surface area (Å²) in [6, 6.07) is 8.00. The van der Waals surface area contributed by atoms with Crippen molar-refractivity contribution in [3.63, 3.8) is 0 Å². The van der Waals surface area contributed by atoms with E-state index < -0.39 is 17.5 Å². The lowest BCUT2D eigenvalue weighted by molar-refractivity contribution is 0.0690. The number of aromatic amines is 1. The topological polar surface area (TPSA) is 100 Å². The highest BCUT2D eigenvalue weighted by atomic mass is 35.5. The molecule has 7 nitrogen and oxygen atoms in total. The highest BCUT2D eigenvalue weighted by Crippen LogP contribution is 2.33. The molecule has 0 aliphatic carbocycles. The van der Waals surface area contributed by atoms with Gasteiger partial charge in [-0.1, -0.05) is 23.2 Å². The van der Waals surface area contributed by atoms with E-state index in [0.29, 0.717) is 15.9 Å². The summed E-state index contributed by atoms with van der Waals surface area (Å²) in [6.45, 7) is -0.177. The van der Waals surface area contributed by atoms with Gasteiger partial charge in [0, 0.05) is 21.5 Å². The molecule has 0 saturated heterocycles. The van der Waals surface area contributed by atoms with Crippen molar-refractivity contribution in [2.45, 2.75) is 6.54 Å². The number of benzene rings is 2. The Bertz CT molecular complexity index is 1320. The molecule has 3 N–H and O–H groups in total. The molecule has 0 unspecified atom stereocenters. The minimum absolute atomic E-state index is 0.148. The van der Waals surface area contributed by atoms with Crippen LogP contribution in [0, 0.1) is 5.82 Å². The fourth-order valence-corrected chi connectivity index (χ4v) is 3.86. The molecule has 0 atom stereocenters. The van der Waals surface area contributed by atoms with E-state index in [9.17, 15) is 24.2 Å². The molecule has 0 fully saturated rings. The predicted octanol–water partition coefficient (Wildman–Crippen LogP) is 4.02. The second-order valence-electron chi connectivity index (χ2n) is 6.30. The van der Waals surface area contributed by atoms with Crippen LogP contribution in [0.2, 0.25) is 10.0 Å². The van der Waals surface area contributed by atoms with Crippen molar-refractivity contribution < 1.29 is 19.4 Å². The summed E-state index contributed by atoms with van der Waals surface area (Å²) < 4.78 is 15.3. The molecule has 29 heavy (non-hydrogen) atoms. The Balaban J connectivity index is 1.87. The van der Waals surface area contributed by atoms with Gasteiger partial charge in [-0.05, 0) is 36.4 Å². The highest BCUT2D eigenvalue weighted by Gasteiger charge is 2.22. The Morgan fingerprint density at radius 2 is 1.86 bits per heavy atom. The number of H-pyrrole nitrogens is 1. The second-order valence-corrected chi connectivity index (χ2v) is 7.15. The number of hydrogen-bond acceptors (Lipinski definition) is 3. The number of aromatic nitrogens is 3. The van der Waals surface area contributed by atoms with Crippen LogP contribution in [-0.4, -0.2) is 30.3 Å². The van der Waals surface area contributed by atoms with Crippen molar-refractivity contribution in [1.82, 2.24) is 14.1 Å². The largest absolute Gasteiger partial charge is 0.493 e. The zero-order valence-electron chi connectivity index (χ0n) is 14.5. The molecule has 4 rings (SSSR count). The summed E-state index contributed by atoms with van der Waals surface area (Å²) in [7, 11) is 0. The molecule has 4 aromatic rings. The van der Waals surface area contributed by atoms with E-state index in [2.05, 4.69) is 4.98 Å². The maximum atomic E-state index is 13.2. The Kier molecular flexibility index (Phi) is 4.60. The summed E-state index contributed by atoms with van der Waals surface area (Å²) in [5, 5.41) is 20.7. The lowest BCUT2D eigenvalue weighted by atomic mass is 10.1. The zero-order valence-corrected chi connectivity index (χ0v) is 16.0. The van der Waals surface area contributed by atoms with Gasteiger partial charge in [0.1, 0.15) is 11.5 Å². The van der Waals surface area contributed by atoms with E-state index in [1.54, 1.807) is 0 Å². The molecule has 0 radical (unpaired) electrons. The van der Waals surface area contributed by atoms with Crippen LogP contribution < -0.4 is 5.69 Å². The number of nitrogens with zero attached hydrogens (tertiary/aromatic N) is 2. The van der Waals surface area contributed by atoms with Gasteiger partial charge in [-0.25, -0.2) is 18.5 Å². The molecule has 0 bridgehead atoms. The molecular formula is C19H12Cl2FN3O4. The molecule has 2 aromatic carbocycles. The van der Waals surface area contributed by atoms with Gasteiger partial charge in [0.25, 0.3) is 0 Å². The van der Waals surface area contributed by atoms with Gasteiger partial charge in [0.05, 0.1) is 23.5 Å². The van der Waals surface area contributed by atoms with Crippen LogP contribution in [0.1, 0.15) is 16.1 Å². The summed E-state index contributed by atoms with van der Waals surface area (Å²) in [5.74, 6) is -2.11. The Morgan fingerprint density at radius 1 is 1.17 bits per heavy atom. The van der Waals surface area contributed by atoms with Crippen molar-refractivity contribution in [2.75, 3.05) is 0 Å². The summed E-state index contributed by atoms with van der Waals surface area (Å²) in [6.07, 6.45) is 1.17. The average molecular weight is 436 g/mol. The van der Waals surface area contributed by atoms with Crippen LogP contribution >= 0.6 is 23.2 Å². The third-order valence-electron chi connectivity index (χ3n) is 4.48. The normalized spacial score (nSPS) is 11.3. The quantitative estimate of drug-likeness (QED) is 0.450. The fraction of sp³-hybridized carbons (Fsp3) is 0.0526. The Hall–Kier alpha value is -3.23. The van der Waals surface area contributed by atoms with E-state index in [4.69, 9.17) is 23.2 Å². The SMILES string of the molecule is O=C(O)c1[nH]c2cc(Cl)cc(Cl)c2c1Cn1cc(O)n(-c2ccc(F)cc2)c1=O. The Morgan fingerprint density at radius 3 is 2.52 bits per heavy atom. The lowest BCUT2D eigenvalue weighted by Gasteiger charge is -2.05. The molecule has 2 heterocycles. The first-order chi connectivity index (χ1) is 13.8. The number of carbonyl (C=O) groups is 1. The van der Waals surface area contributed by atoms with Crippen LogP contribution in [-0.2, 0) is 6.54 Å². The molecule has 0 aliphatic rings. The van der Waals surface area contributed by atoms with Crippen LogP contribution in [0.25, 0.3) is 16.6 Å². The molecule has 148 valence electrons. The summed E-state index contributed by atoms with van der Waals surface area (Å²) >= 11 is 12.2. The number of rotatable bonds is 4. The van der Waals surface area contributed by atoms with Crippen molar-refractivity contribution >= 4 is 40.1 Å². The smallest absolute Gasteiger partial charge is 0.352 e. The molecule has 10 heteroatoms. The minimum atomic E-state index is -1.24. The van der Waals surface area contributed by atoms with Gasteiger partial charge in [-0.3, -0.25) is 4.57 Å². The molecular weight excluding hydrogens is 424 g/mol. The second kappa shape index (κ2) is 6.98. The number of hydrogen-bond donors (Lipinski definition) is 3. The van der Waals surface area contributed by atoms with Gasteiger partial charge in [0.15, 0.2) is 0 Å². The van der Waals surface area contributed by atoms with Crippen molar-refractivity contribution in [3.05, 3.63) is 80.2 Å². The summed E-state index contributed by atoms with van der Waals surface area (Å²) in [4.78, 5) is 27.3. The number of imidazole rings is 1. The Labute approximate surface area is 172 Å². The first-order valence-corrected chi connectivity index (χ1v) is 9.02. The van der Waals surface area contributed by atoms with E-state index in [0.717, 1.165) is 21.3 Å². The van der Waals surface area contributed by atoms with Crippen molar-refractivity contribution in [2.24, 2.45) is 0 Å². The van der Waals surface area contributed by atoms with Gasteiger partial charge < -0.3 is 15.2 Å². The number of carboxylic acids is 1. The number of aromatic hydroxyl groups is 1. The van der Waals surface area contributed by atoms with E-state index in [1.165, 1.54) is 30.5 Å². The lowest BCUT2D eigenvalue weighted by Crippen LogP contribution is -2.24. The van der Waals surface area contributed by atoms with E-state index >= 15 is 0 Å². The molecule has 2 aromatic heterocycles. The van der Waals surface area contributed by atoms with Gasteiger partial charge in [0.2, 0.25) is 5.88 Å². The number of halogens is 3. The third kappa shape index (κ3) is 3.26. The fourth-order valence-electron chi connectivity index (χ4n) is 3.25. The maximum absolute atomic E-state index is 13.2. The monoisotopic (exact) mass is 435 g/mol. The third-order valence-corrected chi connectivity index (χ3v) is 5.00. The maximum Gasteiger partial charge on any atom is 0.352 e. The minimum Gasteiger partial charge on any atom is -0.493 e.